The van der Waals surface area contributed by atoms with E-state index in [2.05, 4.69) is 5.32 Å². The minimum Gasteiger partial charge on any atom is -0.456 e. The van der Waals surface area contributed by atoms with Gasteiger partial charge in [0.1, 0.15) is 17.5 Å². The van der Waals surface area contributed by atoms with E-state index in [1.54, 1.807) is 0 Å². The lowest BCUT2D eigenvalue weighted by molar-refractivity contribution is -0.303. The number of hydrogen-bond donors (Lipinski definition) is 6. The van der Waals surface area contributed by atoms with Crippen LogP contribution in [0.5, 0.6) is 0 Å². The number of ketones is 1. The first-order valence-corrected chi connectivity index (χ1v) is 18.9. The van der Waals surface area contributed by atoms with Gasteiger partial charge in [-0.1, -0.05) is 25.3 Å². The van der Waals surface area contributed by atoms with E-state index >= 15 is 0 Å². The van der Waals surface area contributed by atoms with Crippen molar-refractivity contribution in [2.24, 2.45) is 47.2 Å². The van der Waals surface area contributed by atoms with Crippen molar-refractivity contribution in [3.05, 3.63) is 11.6 Å². The number of nitrogens with one attached hydrogen (secondary N) is 1. The van der Waals surface area contributed by atoms with Crippen molar-refractivity contribution in [2.75, 3.05) is 19.8 Å². The molecule has 7 N–H and O–H groups in total. The number of carbonyl (C=O) groups is 2. The molecule has 3 saturated heterocycles. The predicted octanol–water partition coefficient (Wildman–Crippen LogP) is 2.36. The van der Waals surface area contributed by atoms with Crippen LogP contribution in [-0.2, 0) is 23.8 Å². The zero-order chi connectivity index (χ0) is 34.2. The van der Waals surface area contributed by atoms with Crippen LogP contribution in [-0.4, -0.2) is 100 Å². The average Bonchev–Trinajstić information content (AvgIpc) is 3.60. The van der Waals surface area contributed by atoms with Gasteiger partial charge in [-0.15, -0.1) is 0 Å². The largest absolute Gasteiger partial charge is 0.456 e. The number of rotatable bonds is 9. The second-order valence-electron chi connectivity index (χ2n) is 16.1. The molecule has 11 unspecified atom stereocenters. The van der Waals surface area contributed by atoms with Crippen LogP contribution in [0, 0.1) is 41.4 Å². The van der Waals surface area contributed by atoms with Gasteiger partial charge in [0.2, 0.25) is 0 Å². The standard InChI is InChI=1S/C37H60N2O9/c1-3-26(21-7-4-5-8-21)36(45)47-29-16-27-33(44)32-28(43)15-25(19-41)46-35(32)31(22-9-6-10-24(42)14-22)34(27)48-37(29,2)23(18-40)13-20-11-12-30(38)39-17-20/h3,20-25,27,29-35,39-42,44H,4-19,38H2,1-2H3/t20?,22?,23-,24?,25?,27?,29-,30?,31?,32?,33?,34?,35?,37-/m0/s1. The fourth-order valence-corrected chi connectivity index (χ4v) is 10.5. The number of hydrogen-bond acceptors (Lipinski definition) is 11. The molecule has 0 aromatic rings. The second kappa shape index (κ2) is 15.4. The van der Waals surface area contributed by atoms with Crippen LogP contribution < -0.4 is 11.1 Å². The fourth-order valence-electron chi connectivity index (χ4n) is 10.5. The number of fused-ring (bicyclic) bond motifs is 2. The van der Waals surface area contributed by atoms with Crippen LogP contribution in [0.25, 0.3) is 0 Å². The van der Waals surface area contributed by atoms with Crippen LogP contribution in [0.1, 0.15) is 97.3 Å². The molecule has 3 heterocycles. The summed E-state index contributed by atoms with van der Waals surface area (Å²) in [5.41, 5.74) is 5.69. The zero-order valence-electron chi connectivity index (χ0n) is 28.9. The van der Waals surface area contributed by atoms with Crippen molar-refractivity contribution in [2.45, 2.75) is 146 Å². The molecule has 14 atom stereocenters. The molecule has 6 rings (SSSR count). The second-order valence-corrected chi connectivity index (χ2v) is 16.1. The Hall–Kier alpha value is -1.44. The number of allylic oxidation sites excluding steroid dienone is 1. The molecule has 11 nitrogen and oxygen atoms in total. The van der Waals surface area contributed by atoms with Gasteiger partial charge in [-0.2, -0.15) is 0 Å². The number of piperidine rings is 1. The predicted molar refractivity (Wildman–Crippen MR) is 177 cm³/mol. The SMILES string of the molecule is CC=C(C(=O)O[C@H]1CC2C(O)C3C(=O)CC(CO)OC3C(C3CCCC(O)C3)C2O[C@@]1(C)[C@H](CO)CC1CCC(N)NC1)C1CCCC1. The molecular weight excluding hydrogens is 616 g/mol. The van der Waals surface area contributed by atoms with Crippen molar-refractivity contribution < 1.29 is 44.2 Å². The summed E-state index contributed by atoms with van der Waals surface area (Å²) in [5.74, 6) is -2.16. The van der Waals surface area contributed by atoms with Crippen LogP contribution in [0.3, 0.4) is 0 Å². The maximum atomic E-state index is 14.0. The van der Waals surface area contributed by atoms with Crippen LogP contribution in [0.4, 0.5) is 0 Å². The average molecular weight is 677 g/mol. The molecule has 6 fully saturated rings. The highest BCUT2D eigenvalue weighted by Gasteiger charge is 2.64. The highest BCUT2D eigenvalue weighted by Crippen LogP contribution is 2.54. The summed E-state index contributed by atoms with van der Waals surface area (Å²) < 4.78 is 20.2. The minimum atomic E-state index is -1.10. The summed E-state index contributed by atoms with van der Waals surface area (Å²) in [4.78, 5) is 27.6. The van der Waals surface area contributed by atoms with E-state index in [-0.39, 0.29) is 73.6 Å². The first kappa shape index (κ1) is 36.4. The Bertz CT molecular complexity index is 1150. The zero-order valence-corrected chi connectivity index (χ0v) is 28.9. The summed E-state index contributed by atoms with van der Waals surface area (Å²) in [6.45, 7) is 4.07. The van der Waals surface area contributed by atoms with E-state index < -0.39 is 54.1 Å². The lowest BCUT2D eigenvalue weighted by Gasteiger charge is -2.60. The highest BCUT2D eigenvalue weighted by molar-refractivity contribution is 5.89. The Kier molecular flexibility index (Phi) is 11.7. The van der Waals surface area contributed by atoms with E-state index in [0.717, 1.165) is 57.9 Å². The normalized spacial score (nSPS) is 44.9. The van der Waals surface area contributed by atoms with Crippen molar-refractivity contribution in [3.63, 3.8) is 0 Å². The van der Waals surface area contributed by atoms with Crippen molar-refractivity contribution in [1.82, 2.24) is 5.32 Å². The third-order valence-corrected chi connectivity index (χ3v) is 13.2. The number of esters is 1. The quantitative estimate of drug-likeness (QED) is 0.156. The monoisotopic (exact) mass is 676 g/mol. The van der Waals surface area contributed by atoms with E-state index in [1.165, 1.54) is 0 Å². The smallest absolute Gasteiger partial charge is 0.334 e. The summed E-state index contributed by atoms with van der Waals surface area (Å²) in [5, 5.41) is 47.3. The first-order valence-electron chi connectivity index (χ1n) is 18.9. The fraction of sp³-hybridized carbons (Fsp3) is 0.892. The Morgan fingerprint density at radius 1 is 1.08 bits per heavy atom. The maximum Gasteiger partial charge on any atom is 0.334 e. The topological polar surface area (TPSA) is 181 Å². The van der Waals surface area contributed by atoms with Crippen molar-refractivity contribution in [1.29, 1.82) is 0 Å². The van der Waals surface area contributed by atoms with Gasteiger partial charge in [0.15, 0.2) is 0 Å². The van der Waals surface area contributed by atoms with E-state index in [1.807, 2.05) is 19.9 Å². The van der Waals surface area contributed by atoms with Gasteiger partial charge in [-0.3, -0.25) is 4.79 Å². The van der Waals surface area contributed by atoms with Crippen molar-refractivity contribution >= 4 is 11.8 Å². The van der Waals surface area contributed by atoms with Crippen molar-refractivity contribution in [3.8, 4) is 0 Å². The first-order chi connectivity index (χ1) is 23.1. The lowest BCUT2D eigenvalue weighted by Crippen LogP contribution is -2.70. The van der Waals surface area contributed by atoms with Gasteiger partial charge in [-0.25, -0.2) is 4.79 Å². The molecule has 48 heavy (non-hydrogen) atoms. The van der Waals surface area contributed by atoms with Crippen LogP contribution >= 0.6 is 0 Å². The van der Waals surface area contributed by atoms with Crippen LogP contribution in [0.15, 0.2) is 11.6 Å². The molecule has 272 valence electrons. The molecule has 0 amide bonds. The van der Waals surface area contributed by atoms with Gasteiger partial charge in [-0.05, 0) is 95.9 Å². The summed E-state index contributed by atoms with van der Waals surface area (Å²) >= 11 is 0. The molecule has 11 heteroatoms. The minimum absolute atomic E-state index is 0.0246. The molecule has 0 spiro atoms. The number of nitrogens with two attached hydrogens (primary N) is 1. The summed E-state index contributed by atoms with van der Waals surface area (Å²) in [7, 11) is 0. The maximum absolute atomic E-state index is 14.0. The summed E-state index contributed by atoms with van der Waals surface area (Å²) in [6, 6.07) is 0. The van der Waals surface area contributed by atoms with Gasteiger partial charge >= 0.3 is 5.97 Å². The number of carbonyl (C=O) groups excluding carboxylic acids is 2. The molecule has 0 bridgehead atoms. The molecular formula is C37H60N2O9. The molecule has 3 aliphatic heterocycles. The van der Waals surface area contributed by atoms with Gasteiger partial charge in [0.05, 0.1) is 49.2 Å². The number of Topliss-reactive ketones (excluding diaryl/α,β-unsaturated/α-hetero) is 1. The van der Waals surface area contributed by atoms with Gasteiger partial charge in [0, 0.05) is 36.4 Å². The van der Waals surface area contributed by atoms with Gasteiger partial charge < -0.3 is 45.7 Å². The van der Waals surface area contributed by atoms with Gasteiger partial charge in [0.25, 0.3) is 0 Å². The summed E-state index contributed by atoms with van der Waals surface area (Å²) in [6.07, 6.45) is 7.22. The Morgan fingerprint density at radius 2 is 1.85 bits per heavy atom. The molecule has 0 radical (unpaired) electrons. The van der Waals surface area contributed by atoms with E-state index in [9.17, 15) is 30.0 Å². The third-order valence-electron chi connectivity index (χ3n) is 13.2. The number of aliphatic hydroxyl groups excluding tert-OH is 4. The lowest BCUT2D eigenvalue weighted by atomic mass is 9.57. The Morgan fingerprint density at radius 3 is 2.50 bits per heavy atom. The highest BCUT2D eigenvalue weighted by atomic mass is 16.6. The molecule has 3 aliphatic carbocycles. The molecule has 6 aliphatic rings. The van der Waals surface area contributed by atoms with E-state index in [4.69, 9.17) is 19.9 Å². The molecule has 0 aromatic carbocycles. The Balaban J connectivity index is 1.36. The molecule has 3 saturated carbocycles. The number of aliphatic hydroxyl groups is 4. The van der Waals surface area contributed by atoms with E-state index in [0.29, 0.717) is 24.8 Å². The molecule has 0 aromatic heterocycles. The Labute approximate surface area is 285 Å². The third kappa shape index (κ3) is 7.17. The van der Waals surface area contributed by atoms with Crippen LogP contribution in [0.2, 0.25) is 0 Å². The number of ether oxygens (including phenoxy) is 3.